The Morgan fingerprint density at radius 2 is 2.40 bits per heavy atom. The number of nitrogens with one attached hydrogen (secondary N) is 1. The van der Waals surface area contributed by atoms with Gasteiger partial charge < -0.3 is 20.6 Å². The van der Waals surface area contributed by atoms with Gasteiger partial charge in [-0.25, -0.2) is 0 Å². The molecule has 0 bridgehead atoms. The summed E-state index contributed by atoms with van der Waals surface area (Å²) < 4.78 is 5.00. The normalized spacial score (nSPS) is 14.7. The van der Waals surface area contributed by atoms with Crippen LogP contribution in [0.15, 0.2) is 16.7 Å². The minimum absolute atomic E-state index is 0.237. The van der Waals surface area contributed by atoms with Gasteiger partial charge in [0.1, 0.15) is 5.76 Å². The second-order valence-corrected chi connectivity index (χ2v) is 3.50. The molecule has 1 aromatic heterocycles. The molecular weight excluding hydrogens is 196 g/mol. The summed E-state index contributed by atoms with van der Waals surface area (Å²) >= 11 is 0. The van der Waals surface area contributed by atoms with Crippen LogP contribution in [0.2, 0.25) is 0 Å². The predicted octanol–water partition coefficient (Wildman–Crippen LogP) is 0.0259. The molecule has 0 aliphatic rings. The fourth-order valence-electron chi connectivity index (χ4n) is 1.10. The van der Waals surface area contributed by atoms with Gasteiger partial charge in [-0.3, -0.25) is 4.79 Å². The Labute approximate surface area is 88.3 Å². The number of hydrogen-bond acceptors (Lipinski definition) is 4. The van der Waals surface area contributed by atoms with Crippen LogP contribution in [0.1, 0.15) is 23.0 Å². The van der Waals surface area contributed by atoms with E-state index < -0.39 is 12.1 Å². The molecule has 0 spiro atoms. The van der Waals surface area contributed by atoms with Crippen LogP contribution in [0.5, 0.6) is 0 Å². The molecule has 2 atom stereocenters. The van der Waals surface area contributed by atoms with Crippen LogP contribution in [0.3, 0.4) is 0 Å². The van der Waals surface area contributed by atoms with Crippen molar-refractivity contribution in [3.8, 4) is 0 Å². The number of amides is 1. The summed E-state index contributed by atoms with van der Waals surface area (Å²) in [7, 11) is 0. The van der Waals surface area contributed by atoms with E-state index in [1.54, 1.807) is 19.9 Å². The SMILES string of the molecule is Cc1occc1C(=O)NCC(N)C(C)O. The van der Waals surface area contributed by atoms with Crippen LogP contribution in [0.25, 0.3) is 0 Å². The first-order valence-electron chi connectivity index (χ1n) is 4.78. The number of nitrogens with two attached hydrogens (primary N) is 1. The van der Waals surface area contributed by atoms with Gasteiger partial charge in [0.05, 0.1) is 17.9 Å². The standard InChI is InChI=1S/C10H16N2O3/c1-6(13)9(11)5-12-10(14)8-3-4-15-7(8)2/h3-4,6,9,13H,5,11H2,1-2H3,(H,12,14). The molecule has 4 N–H and O–H groups in total. The van der Waals surface area contributed by atoms with Crippen LogP contribution in [-0.2, 0) is 0 Å². The Hall–Kier alpha value is -1.33. The van der Waals surface area contributed by atoms with E-state index in [2.05, 4.69) is 5.32 Å². The lowest BCUT2D eigenvalue weighted by atomic mass is 10.2. The highest BCUT2D eigenvalue weighted by molar-refractivity contribution is 5.95. The molecule has 1 rings (SSSR count). The average molecular weight is 212 g/mol. The van der Waals surface area contributed by atoms with E-state index in [1.165, 1.54) is 6.26 Å². The van der Waals surface area contributed by atoms with Gasteiger partial charge in [0.2, 0.25) is 0 Å². The molecule has 0 aliphatic carbocycles. The third-order valence-electron chi connectivity index (χ3n) is 2.22. The van der Waals surface area contributed by atoms with E-state index in [0.29, 0.717) is 11.3 Å². The van der Waals surface area contributed by atoms with E-state index in [1.807, 2.05) is 0 Å². The monoisotopic (exact) mass is 212 g/mol. The first-order valence-corrected chi connectivity index (χ1v) is 4.78. The van der Waals surface area contributed by atoms with E-state index >= 15 is 0 Å². The van der Waals surface area contributed by atoms with Gasteiger partial charge in [0, 0.05) is 12.6 Å². The molecule has 15 heavy (non-hydrogen) atoms. The van der Waals surface area contributed by atoms with Crippen molar-refractivity contribution in [2.75, 3.05) is 6.54 Å². The largest absolute Gasteiger partial charge is 0.469 e. The van der Waals surface area contributed by atoms with Crippen LogP contribution < -0.4 is 11.1 Å². The number of carbonyl (C=O) groups excluding carboxylic acids is 1. The molecule has 1 aromatic rings. The minimum Gasteiger partial charge on any atom is -0.469 e. The summed E-state index contributed by atoms with van der Waals surface area (Å²) in [5.41, 5.74) is 6.06. The molecule has 0 saturated carbocycles. The van der Waals surface area contributed by atoms with E-state index in [9.17, 15) is 4.79 Å². The molecule has 0 aromatic carbocycles. The maximum absolute atomic E-state index is 11.5. The quantitative estimate of drug-likeness (QED) is 0.656. The van der Waals surface area contributed by atoms with Gasteiger partial charge in [0.25, 0.3) is 5.91 Å². The Kier molecular flexibility index (Phi) is 3.88. The van der Waals surface area contributed by atoms with Crippen molar-refractivity contribution in [1.29, 1.82) is 0 Å². The summed E-state index contributed by atoms with van der Waals surface area (Å²) in [6, 6.07) is 1.14. The maximum atomic E-state index is 11.5. The lowest BCUT2D eigenvalue weighted by molar-refractivity contribution is 0.0936. The number of furan rings is 1. The van der Waals surface area contributed by atoms with Crippen molar-refractivity contribution < 1.29 is 14.3 Å². The number of aliphatic hydroxyl groups excluding tert-OH is 1. The Bertz CT molecular complexity index is 333. The van der Waals surface area contributed by atoms with Crippen molar-refractivity contribution >= 4 is 5.91 Å². The van der Waals surface area contributed by atoms with Gasteiger partial charge >= 0.3 is 0 Å². The lowest BCUT2D eigenvalue weighted by Gasteiger charge is -2.14. The highest BCUT2D eigenvalue weighted by atomic mass is 16.3. The van der Waals surface area contributed by atoms with Crippen molar-refractivity contribution in [1.82, 2.24) is 5.32 Å². The van der Waals surface area contributed by atoms with Crippen molar-refractivity contribution in [2.45, 2.75) is 26.0 Å². The molecule has 0 radical (unpaired) electrons. The maximum Gasteiger partial charge on any atom is 0.254 e. The zero-order valence-corrected chi connectivity index (χ0v) is 8.86. The second kappa shape index (κ2) is 4.95. The zero-order valence-electron chi connectivity index (χ0n) is 8.86. The summed E-state index contributed by atoms with van der Waals surface area (Å²) in [6.45, 7) is 3.53. The number of aryl methyl sites for hydroxylation is 1. The Balaban J connectivity index is 2.47. The third-order valence-corrected chi connectivity index (χ3v) is 2.22. The number of rotatable bonds is 4. The molecule has 5 heteroatoms. The topological polar surface area (TPSA) is 88.5 Å². The fourth-order valence-corrected chi connectivity index (χ4v) is 1.10. The van der Waals surface area contributed by atoms with E-state index in [4.69, 9.17) is 15.3 Å². The molecule has 1 amide bonds. The minimum atomic E-state index is -0.643. The molecule has 1 heterocycles. The van der Waals surface area contributed by atoms with E-state index in [-0.39, 0.29) is 12.5 Å². The van der Waals surface area contributed by atoms with Gasteiger partial charge in [-0.15, -0.1) is 0 Å². The highest BCUT2D eigenvalue weighted by Crippen LogP contribution is 2.07. The third kappa shape index (κ3) is 3.07. The lowest BCUT2D eigenvalue weighted by Crippen LogP contribution is -2.43. The Morgan fingerprint density at radius 1 is 1.73 bits per heavy atom. The molecule has 84 valence electrons. The molecular formula is C10H16N2O3. The summed E-state index contributed by atoms with van der Waals surface area (Å²) in [4.78, 5) is 11.5. The van der Waals surface area contributed by atoms with E-state index in [0.717, 1.165) is 0 Å². The molecule has 0 aliphatic heterocycles. The second-order valence-electron chi connectivity index (χ2n) is 3.50. The molecule has 2 unspecified atom stereocenters. The fraction of sp³-hybridized carbons (Fsp3) is 0.500. The van der Waals surface area contributed by atoms with Gasteiger partial charge in [-0.05, 0) is 19.9 Å². The molecule has 0 saturated heterocycles. The summed E-state index contributed by atoms with van der Waals surface area (Å²) in [5, 5.41) is 11.7. The first kappa shape index (κ1) is 11.7. The number of carbonyl (C=O) groups is 1. The summed E-state index contributed by atoms with van der Waals surface area (Å²) in [6.07, 6.45) is 0.814. The number of hydrogen-bond donors (Lipinski definition) is 3. The Morgan fingerprint density at radius 3 is 2.87 bits per heavy atom. The van der Waals surface area contributed by atoms with Crippen LogP contribution >= 0.6 is 0 Å². The van der Waals surface area contributed by atoms with Gasteiger partial charge in [-0.1, -0.05) is 0 Å². The number of aliphatic hydroxyl groups is 1. The van der Waals surface area contributed by atoms with Crippen molar-refractivity contribution in [3.63, 3.8) is 0 Å². The smallest absolute Gasteiger partial charge is 0.254 e. The van der Waals surface area contributed by atoms with Gasteiger partial charge in [-0.2, -0.15) is 0 Å². The van der Waals surface area contributed by atoms with Crippen LogP contribution in [0.4, 0.5) is 0 Å². The van der Waals surface area contributed by atoms with Crippen molar-refractivity contribution in [3.05, 3.63) is 23.7 Å². The van der Waals surface area contributed by atoms with Gasteiger partial charge in [0.15, 0.2) is 0 Å². The highest BCUT2D eigenvalue weighted by Gasteiger charge is 2.14. The van der Waals surface area contributed by atoms with Crippen LogP contribution in [0, 0.1) is 6.92 Å². The predicted molar refractivity (Wildman–Crippen MR) is 55.4 cm³/mol. The first-order chi connectivity index (χ1) is 7.02. The van der Waals surface area contributed by atoms with Crippen molar-refractivity contribution in [2.24, 2.45) is 5.73 Å². The molecule has 0 fully saturated rings. The summed E-state index contributed by atoms with van der Waals surface area (Å²) in [5.74, 6) is 0.329. The molecule has 5 nitrogen and oxygen atoms in total. The van der Waals surface area contributed by atoms with Crippen LogP contribution in [-0.4, -0.2) is 29.7 Å². The zero-order chi connectivity index (χ0) is 11.4. The average Bonchev–Trinajstić information content (AvgIpc) is 2.60.